The van der Waals surface area contributed by atoms with Crippen LogP contribution in [0.1, 0.15) is 5.69 Å². The molecule has 0 aliphatic heterocycles. The second kappa shape index (κ2) is 6.07. The van der Waals surface area contributed by atoms with E-state index in [9.17, 15) is 13.2 Å². The van der Waals surface area contributed by atoms with Gasteiger partial charge < -0.3 is 10.6 Å². The number of anilines is 3. The molecular weight excluding hydrogens is 373 g/mol. The van der Waals surface area contributed by atoms with Gasteiger partial charge in [-0.2, -0.15) is 18.2 Å². The lowest BCUT2D eigenvalue weighted by atomic mass is 10.3. The van der Waals surface area contributed by atoms with Crippen LogP contribution in [0.25, 0.3) is 0 Å². The van der Waals surface area contributed by atoms with Crippen LogP contribution in [0.5, 0.6) is 0 Å². The summed E-state index contributed by atoms with van der Waals surface area (Å²) < 4.78 is 39.1. The lowest BCUT2D eigenvalue weighted by Gasteiger charge is -2.12. The molecule has 0 saturated heterocycles. The molecule has 1 aromatic heterocycles. The van der Waals surface area contributed by atoms with Crippen molar-refractivity contribution >= 4 is 45.0 Å². The number of nitrogens with zero attached hydrogens (tertiary/aromatic N) is 2. The third-order valence-corrected chi connectivity index (χ3v) is 3.24. The number of nitrogens with one attached hydrogen (secondary N) is 2. The molecule has 2 N–H and O–H groups in total. The number of hydrogen-bond acceptors (Lipinski definition) is 4. The third-order valence-electron chi connectivity index (χ3n) is 2.43. The van der Waals surface area contributed by atoms with Crippen LogP contribution in [0.3, 0.4) is 0 Å². The Morgan fingerprint density at radius 1 is 1.19 bits per heavy atom. The Kier molecular flexibility index (Phi) is 4.58. The molecule has 0 aliphatic carbocycles. The highest BCUT2D eigenvalue weighted by molar-refractivity contribution is 9.10. The predicted molar refractivity (Wildman–Crippen MR) is 79.0 cm³/mol. The van der Waals surface area contributed by atoms with Crippen molar-refractivity contribution in [2.45, 2.75) is 6.18 Å². The number of rotatable bonds is 3. The summed E-state index contributed by atoms with van der Waals surface area (Å²) in [4.78, 5) is 7.29. The highest BCUT2D eigenvalue weighted by Crippen LogP contribution is 2.32. The van der Waals surface area contributed by atoms with E-state index in [0.29, 0.717) is 10.7 Å². The molecule has 0 saturated carbocycles. The van der Waals surface area contributed by atoms with Crippen molar-refractivity contribution in [2.75, 3.05) is 17.7 Å². The summed E-state index contributed by atoms with van der Waals surface area (Å²) in [5.41, 5.74) is -0.605. The predicted octanol–water partition coefficient (Wildman–Crippen LogP) is 4.70. The van der Waals surface area contributed by atoms with Gasteiger partial charge in [-0.25, -0.2) is 4.98 Å². The van der Waals surface area contributed by atoms with Crippen LogP contribution in [0.4, 0.5) is 30.6 Å². The summed E-state index contributed by atoms with van der Waals surface area (Å²) in [6.45, 7) is 0. The van der Waals surface area contributed by atoms with Gasteiger partial charge in [-0.3, -0.25) is 0 Å². The molecule has 0 bridgehead atoms. The molecule has 112 valence electrons. The van der Waals surface area contributed by atoms with Crippen molar-refractivity contribution in [1.29, 1.82) is 0 Å². The number of benzene rings is 1. The fourth-order valence-electron chi connectivity index (χ4n) is 1.50. The SMILES string of the molecule is CNc1nc(Nc2ccc(Br)cc2Cl)cc(C(F)(F)F)n1. The number of halogens is 5. The average Bonchev–Trinajstić information content (AvgIpc) is 2.40. The molecule has 0 fully saturated rings. The molecule has 0 spiro atoms. The minimum absolute atomic E-state index is 0.00843. The highest BCUT2D eigenvalue weighted by Gasteiger charge is 2.33. The van der Waals surface area contributed by atoms with Gasteiger partial charge in [0.05, 0.1) is 10.7 Å². The standard InChI is InChI=1S/C12H9BrClF3N4/c1-18-11-20-9(12(15,16)17)5-10(21-11)19-8-3-2-6(13)4-7(8)14/h2-5H,1H3,(H2,18,19,20,21). The second-order valence-corrected chi connectivity index (χ2v) is 5.28. The zero-order valence-corrected chi connectivity index (χ0v) is 12.9. The molecule has 2 aromatic rings. The summed E-state index contributed by atoms with van der Waals surface area (Å²) in [5.74, 6) is -0.147. The van der Waals surface area contributed by atoms with Gasteiger partial charge in [0, 0.05) is 17.6 Å². The van der Waals surface area contributed by atoms with Gasteiger partial charge in [0.2, 0.25) is 5.95 Å². The van der Waals surface area contributed by atoms with Crippen molar-refractivity contribution in [3.8, 4) is 0 Å². The lowest BCUT2D eigenvalue weighted by Crippen LogP contribution is -2.12. The Hall–Kier alpha value is -1.54. The Balaban J connectivity index is 2.39. The lowest BCUT2D eigenvalue weighted by molar-refractivity contribution is -0.141. The smallest absolute Gasteiger partial charge is 0.357 e. The number of aromatic nitrogens is 2. The minimum atomic E-state index is -4.56. The van der Waals surface area contributed by atoms with Crippen LogP contribution < -0.4 is 10.6 Å². The third kappa shape index (κ3) is 3.98. The van der Waals surface area contributed by atoms with Gasteiger partial charge in [-0.15, -0.1) is 0 Å². The molecule has 0 unspecified atom stereocenters. The Morgan fingerprint density at radius 2 is 1.90 bits per heavy atom. The average molecular weight is 382 g/mol. The number of alkyl halides is 3. The molecule has 4 nitrogen and oxygen atoms in total. The van der Waals surface area contributed by atoms with E-state index < -0.39 is 11.9 Å². The van der Waals surface area contributed by atoms with Crippen molar-refractivity contribution in [3.63, 3.8) is 0 Å². The Bertz CT molecular complexity index is 663. The maximum atomic E-state index is 12.8. The largest absolute Gasteiger partial charge is 0.433 e. The molecule has 2 rings (SSSR count). The van der Waals surface area contributed by atoms with Crippen molar-refractivity contribution in [3.05, 3.63) is 39.5 Å². The van der Waals surface area contributed by atoms with Crippen LogP contribution in [0.2, 0.25) is 5.02 Å². The maximum absolute atomic E-state index is 12.8. The van der Waals surface area contributed by atoms with Crippen molar-refractivity contribution < 1.29 is 13.2 Å². The molecular formula is C12H9BrClF3N4. The first kappa shape index (κ1) is 15.8. The first-order valence-electron chi connectivity index (χ1n) is 5.65. The van der Waals surface area contributed by atoms with E-state index in [1.54, 1.807) is 18.2 Å². The molecule has 9 heteroatoms. The summed E-state index contributed by atoms with van der Waals surface area (Å²) >= 11 is 9.25. The van der Waals surface area contributed by atoms with E-state index in [-0.39, 0.29) is 11.8 Å². The van der Waals surface area contributed by atoms with Gasteiger partial charge in [-0.1, -0.05) is 27.5 Å². The Labute approximate surface area is 131 Å². The first-order chi connectivity index (χ1) is 9.79. The first-order valence-corrected chi connectivity index (χ1v) is 6.83. The van der Waals surface area contributed by atoms with E-state index in [1.165, 1.54) is 7.05 Å². The van der Waals surface area contributed by atoms with Crippen molar-refractivity contribution in [1.82, 2.24) is 9.97 Å². The molecule has 0 atom stereocenters. The maximum Gasteiger partial charge on any atom is 0.433 e. The summed E-state index contributed by atoms with van der Waals surface area (Å²) in [6.07, 6.45) is -4.56. The van der Waals surface area contributed by atoms with Gasteiger partial charge in [0.25, 0.3) is 0 Å². The fourth-order valence-corrected chi connectivity index (χ4v) is 2.22. The van der Waals surface area contributed by atoms with E-state index in [2.05, 4.69) is 36.5 Å². The minimum Gasteiger partial charge on any atom is -0.357 e. The van der Waals surface area contributed by atoms with Crippen LogP contribution in [0.15, 0.2) is 28.7 Å². The van der Waals surface area contributed by atoms with Crippen LogP contribution in [-0.2, 0) is 6.18 Å². The second-order valence-electron chi connectivity index (χ2n) is 3.96. The van der Waals surface area contributed by atoms with E-state index in [0.717, 1.165) is 10.5 Å². The zero-order chi connectivity index (χ0) is 15.6. The molecule has 0 aliphatic rings. The molecule has 1 aromatic carbocycles. The van der Waals surface area contributed by atoms with Gasteiger partial charge >= 0.3 is 6.18 Å². The summed E-state index contributed by atoms with van der Waals surface area (Å²) in [6, 6.07) is 5.77. The van der Waals surface area contributed by atoms with Crippen molar-refractivity contribution in [2.24, 2.45) is 0 Å². The van der Waals surface area contributed by atoms with Gasteiger partial charge in [0.15, 0.2) is 5.69 Å². The van der Waals surface area contributed by atoms with Crippen LogP contribution in [-0.4, -0.2) is 17.0 Å². The molecule has 1 heterocycles. The Morgan fingerprint density at radius 3 is 2.48 bits per heavy atom. The van der Waals surface area contributed by atoms with Gasteiger partial charge in [-0.05, 0) is 18.2 Å². The van der Waals surface area contributed by atoms with E-state index >= 15 is 0 Å². The molecule has 21 heavy (non-hydrogen) atoms. The molecule has 0 amide bonds. The highest BCUT2D eigenvalue weighted by atomic mass is 79.9. The summed E-state index contributed by atoms with van der Waals surface area (Å²) in [5, 5.41) is 5.58. The molecule has 0 radical (unpaired) electrons. The quantitative estimate of drug-likeness (QED) is 0.809. The van der Waals surface area contributed by atoms with E-state index in [4.69, 9.17) is 11.6 Å². The normalized spacial score (nSPS) is 11.3. The van der Waals surface area contributed by atoms with E-state index in [1.807, 2.05) is 0 Å². The summed E-state index contributed by atoms with van der Waals surface area (Å²) in [7, 11) is 1.44. The zero-order valence-electron chi connectivity index (χ0n) is 10.6. The number of hydrogen-bond donors (Lipinski definition) is 2. The van der Waals surface area contributed by atoms with Crippen LogP contribution >= 0.6 is 27.5 Å². The topological polar surface area (TPSA) is 49.8 Å². The van der Waals surface area contributed by atoms with Crippen LogP contribution in [0, 0.1) is 0 Å². The fraction of sp³-hybridized carbons (Fsp3) is 0.167. The van der Waals surface area contributed by atoms with Gasteiger partial charge in [0.1, 0.15) is 5.82 Å². The monoisotopic (exact) mass is 380 g/mol.